The second-order valence-corrected chi connectivity index (χ2v) is 4.50. The van der Waals surface area contributed by atoms with Gasteiger partial charge in [0.2, 0.25) is 0 Å². The third-order valence-electron chi connectivity index (χ3n) is 2.30. The predicted octanol–water partition coefficient (Wildman–Crippen LogP) is 1.07. The molecule has 0 aliphatic rings. The summed E-state index contributed by atoms with van der Waals surface area (Å²) < 4.78 is 0. The molecule has 1 heterocycles. The molecule has 0 radical (unpaired) electrons. The number of hydrogen-bond donors (Lipinski definition) is 0. The van der Waals surface area contributed by atoms with Crippen LogP contribution >= 0.6 is 11.3 Å². The maximum atomic E-state index is 3.13. The molecule has 0 saturated carbocycles. The van der Waals surface area contributed by atoms with Crippen LogP contribution in [-0.4, -0.2) is 23.1 Å². The molecule has 0 atom stereocenters. The SMILES string of the molecule is CCCCCCCCc1cc[c-]s1.[Cl-].[Mg+2]. The second-order valence-electron chi connectivity index (χ2n) is 3.54. The van der Waals surface area contributed by atoms with E-state index < -0.39 is 0 Å². The van der Waals surface area contributed by atoms with Crippen LogP contribution in [0.2, 0.25) is 0 Å². The molecule has 0 fully saturated rings. The van der Waals surface area contributed by atoms with Crippen LogP contribution in [0.25, 0.3) is 0 Å². The smallest absolute Gasteiger partial charge is 1.00 e. The van der Waals surface area contributed by atoms with Crippen molar-refractivity contribution in [3.63, 3.8) is 0 Å². The molecule has 0 aliphatic heterocycles. The largest absolute Gasteiger partial charge is 2.00 e. The first-order valence-corrected chi connectivity index (χ1v) is 6.20. The molecule has 15 heavy (non-hydrogen) atoms. The summed E-state index contributed by atoms with van der Waals surface area (Å²) in [4.78, 5) is 1.50. The summed E-state index contributed by atoms with van der Waals surface area (Å²) in [5.41, 5.74) is 0. The van der Waals surface area contributed by atoms with Crippen LogP contribution in [0.15, 0.2) is 12.1 Å². The minimum Gasteiger partial charge on any atom is -1.00 e. The van der Waals surface area contributed by atoms with Gasteiger partial charge in [-0.05, 0) is 0 Å². The van der Waals surface area contributed by atoms with Crippen molar-refractivity contribution in [2.45, 2.75) is 51.9 Å². The first-order valence-electron chi connectivity index (χ1n) is 5.38. The van der Waals surface area contributed by atoms with Crippen molar-refractivity contribution >= 4 is 34.4 Å². The number of thiophene rings is 1. The van der Waals surface area contributed by atoms with Crippen LogP contribution in [0.4, 0.5) is 0 Å². The molecule has 0 nitrogen and oxygen atoms in total. The number of unbranched alkanes of at least 4 members (excludes halogenated alkanes) is 5. The first kappa shape index (κ1) is 18.1. The third kappa shape index (κ3) is 9.67. The predicted molar refractivity (Wildman–Crippen MR) is 66.0 cm³/mol. The summed E-state index contributed by atoms with van der Waals surface area (Å²) in [5.74, 6) is 0. The van der Waals surface area contributed by atoms with Crippen molar-refractivity contribution in [3.8, 4) is 0 Å². The Bertz CT molecular complexity index is 199. The molecule has 0 N–H and O–H groups in total. The van der Waals surface area contributed by atoms with Crippen molar-refractivity contribution in [2.75, 3.05) is 0 Å². The van der Waals surface area contributed by atoms with E-state index in [-0.39, 0.29) is 35.5 Å². The molecule has 82 valence electrons. The third-order valence-corrected chi connectivity index (χ3v) is 3.16. The van der Waals surface area contributed by atoms with Crippen molar-refractivity contribution in [1.82, 2.24) is 0 Å². The van der Waals surface area contributed by atoms with Gasteiger partial charge in [0.15, 0.2) is 0 Å². The van der Waals surface area contributed by atoms with E-state index in [0.29, 0.717) is 0 Å². The molecule has 0 amide bonds. The van der Waals surface area contributed by atoms with Crippen molar-refractivity contribution in [3.05, 3.63) is 22.4 Å². The fourth-order valence-electron chi connectivity index (χ4n) is 1.48. The molecule has 3 heteroatoms. The fourth-order valence-corrected chi connectivity index (χ4v) is 2.15. The molecular formula is C12H19ClMgS. The van der Waals surface area contributed by atoms with Gasteiger partial charge in [-0.25, -0.2) is 6.07 Å². The zero-order valence-corrected chi connectivity index (χ0v) is 12.6. The van der Waals surface area contributed by atoms with Crippen LogP contribution in [-0.2, 0) is 6.42 Å². The summed E-state index contributed by atoms with van der Waals surface area (Å²) in [7, 11) is 0. The van der Waals surface area contributed by atoms with Gasteiger partial charge in [-0.2, -0.15) is 6.07 Å². The topological polar surface area (TPSA) is 0 Å². The molecule has 0 aromatic carbocycles. The minimum absolute atomic E-state index is 0. The molecule has 0 saturated heterocycles. The van der Waals surface area contributed by atoms with Crippen molar-refractivity contribution < 1.29 is 12.4 Å². The molecular weight excluding hydrogens is 236 g/mol. The molecule has 1 aromatic heterocycles. The zero-order chi connectivity index (χ0) is 9.36. The van der Waals surface area contributed by atoms with E-state index in [9.17, 15) is 0 Å². The van der Waals surface area contributed by atoms with Gasteiger partial charge in [0.05, 0.1) is 0 Å². The normalized spacial score (nSPS) is 9.13. The summed E-state index contributed by atoms with van der Waals surface area (Å²) in [5, 5.41) is 3.13. The molecule has 0 spiro atoms. The molecule has 1 rings (SSSR count). The number of halogens is 1. The van der Waals surface area contributed by atoms with Crippen molar-refractivity contribution in [2.24, 2.45) is 0 Å². The summed E-state index contributed by atoms with van der Waals surface area (Å²) in [6, 6.07) is 4.22. The van der Waals surface area contributed by atoms with Gasteiger partial charge < -0.3 is 23.7 Å². The standard InChI is InChI=1S/C12H19S.ClH.Mg/c1-2-3-4-5-6-7-9-12-10-8-11-13-12;;/h8,10H,2-7,9H2,1H3;1H;/q-1;;+2/p-1. The van der Waals surface area contributed by atoms with Crippen LogP contribution in [0.3, 0.4) is 0 Å². The van der Waals surface area contributed by atoms with E-state index in [1.54, 1.807) is 11.3 Å². The second kappa shape index (κ2) is 12.8. The van der Waals surface area contributed by atoms with Crippen LogP contribution in [0, 0.1) is 5.38 Å². The van der Waals surface area contributed by atoms with E-state index >= 15 is 0 Å². The minimum atomic E-state index is 0. The van der Waals surface area contributed by atoms with Gasteiger partial charge in [0.25, 0.3) is 0 Å². The van der Waals surface area contributed by atoms with Gasteiger partial charge >= 0.3 is 23.1 Å². The molecule has 0 bridgehead atoms. The maximum Gasteiger partial charge on any atom is 2.00 e. The van der Waals surface area contributed by atoms with Crippen molar-refractivity contribution in [1.29, 1.82) is 0 Å². The van der Waals surface area contributed by atoms with Gasteiger partial charge in [-0.15, -0.1) is 10.3 Å². The van der Waals surface area contributed by atoms with Gasteiger partial charge in [0, 0.05) is 0 Å². The first-order chi connectivity index (χ1) is 6.43. The number of rotatable bonds is 7. The van der Waals surface area contributed by atoms with Gasteiger partial charge in [-0.1, -0.05) is 51.9 Å². The zero-order valence-electron chi connectivity index (χ0n) is 9.60. The molecule has 0 aliphatic carbocycles. The van der Waals surface area contributed by atoms with Crippen LogP contribution in [0.5, 0.6) is 0 Å². The van der Waals surface area contributed by atoms with E-state index in [1.165, 1.54) is 49.8 Å². The average Bonchev–Trinajstić information content (AvgIpc) is 2.63. The van der Waals surface area contributed by atoms with Gasteiger partial charge in [0.1, 0.15) is 0 Å². The average molecular weight is 255 g/mol. The Morgan fingerprint density at radius 2 is 1.80 bits per heavy atom. The number of aryl methyl sites for hydroxylation is 1. The monoisotopic (exact) mass is 254 g/mol. The van der Waals surface area contributed by atoms with Crippen LogP contribution < -0.4 is 12.4 Å². The quantitative estimate of drug-likeness (QED) is 0.388. The Balaban J connectivity index is 0. The number of hydrogen-bond acceptors (Lipinski definition) is 1. The Morgan fingerprint density at radius 1 is 1.13 bits per heavy atom. The fraction of sp³-hybridized carbons (Fsp3) is 0.667. The Morgan fingerprint density at radius 3 is 2.40 bits per heavy atom. The summed E-state index contributed by atoms with van der Waals surface area (Å²) in [6.07, 6.45) is 9.62. The van der Waals surface area contributed by atoms with E-state index in [0.717, 1.165) is 0 Å². The van der Waals surface area contributed by atoms with E-state index in [4.69, 9.17) is 0 Å². The summed E-state index contributed by atoms with van der Waals surface area (Å²) >= 11 is 1.77. The molecule has 1 aromatic rings. The Labute approximate surface area is 120 Å². The Kier molecular flexibility index (Phi) is 15.5. The van der Waals surface area contributed by atoms with Crippen LogP contribution in [0.1, 0.15) is 50.3 Å². The van der Waals surface area contributed by atoms with E-state index in [1.807, 2.05) is 6.07 Å². The van der Waals surface area contributed by atoms with Gasteiger partial charge in [-0.3, -0.25) is 0 Å². The Hall–Kier alpha value is 0.756. The summed E-state index contributed by atoms with van der Waals surface area (Å²) in [6.45, 7) is 2.27. The molecule has 0 unspecified atom stereocenters. The van der Waals surface area contributed by atoms with E-state index in [2.05, 4.69) is 18.4 Å². The maximum absolute atomic E-state index is 3.13.